The van der Waals surface area contributed by atoms with Crippen molar-refractivity contribution in [3.8, 4) is 5.75 Å². The second-order valence-electron chi connectivity index (χ2n) is 5.37. The van der Waals surface area contributed by atoms with Crippen LogP contribution >= 0.6 is 0 Å². The maximum Gasteiger partial charge on any atom is 0.260 e. The second-order valence-corrected chi connectivity index (χ2v) is 5.37. The molecule has 0 aliphatic carbocycles. The summed E-state index contributed by atoms with van der Waals surface area (Å²) in [5, 5.41) is 0. The van der Waals surface area contributed by atoms with Crippen molar-refractivity contribution < 1.29 is 9.53 Å². The molecule has 0 bridgehead atoms. The number of anilines is 1. The van der Waals surface area contributed by atoms with Crippen LogP contribution in [-0.2, 0) is 4.79 Å². The first kappa shape index (κ1) is 13.7. The van der Waals surface area contributed by atoms with Gasteiger partial charge in [0.25, 0.3) is 5.91 Å². The Hall–Kier alpha value is -1.71. The van der Waals surface area contributed by atoms with Crippen molar-refractivity contribution in [1.29, 1.82) is 0 Å². The van der Waals surface area contributed by atoms with Gasteiger partial charge >= 0.3 is 0 Å². The molecule has 1 aliphatic rings. The Labute approximate surface area is 114 Å². The van der Waals surface area contributed by atoms with E-state index >= 15 is 0 Å². The van der Waals surface area contributed by atoms with Crippen LogP contribution in [0.5, 0.6) is 5.75 Å². The third-order valence-electron chi connectivity index (χ3n) is 3.75. The number of carbonyl (C=O) groups excluding carboxylic acids is 1. The lowest BCUT2D eigenvalue weighted by atomic mass is 9.99. The molecule has 1 aromatic carbocycles. The zero-order valence-corrected chi connectivity index (χ0v) is 11.7. The van der Waals surface area contributed by atoms with Crippen LogP contribution in [0.15, 0.2) is 18.2 Å². The number of nitrogen functional groups attached to an aromatic ring is 1. The monoisotopic (exact) mass is 262 g/mol. The average Bonchev–Trinajstić information content (AvgIpc) is 2.40. The smallest absolute Gasteiger partial charge is 0.260 e. The zero-order valence-electron chi connectivity index (χ0n) is 11.7. The molecule has 1 heterocycles. The van der Waals surface area contributed by atoms with Crippen LogP contribution in [0.4, 0.5) is 5.69 Å². The third kappa shape index (κ3) is 3.63. The van der Waals surface area contributed by atoms with E-state index in [9.17, 15) is 4.79 Å². The highest BCUT2D eigenvalue weighted by molar-refractivity contribution is 5.77. The van der Waals surface area contributed by atoms with Crippen LogP contribution in [-0.4, -0.2) is 30.5 Å². The van der Waals surface area contributed by atoms with E-state index in [1.807, 2.05) is 24.0 Å². The average molecular weight is 262 g/mol. The van der Waals surface area contributed by atoms with Crippen molar-refractivity contribution in [2.75, 3.05) is 25.4 Å². The summed E-state index contributed by atoms with van der Waals surface area (Å²) in [6, 6.07) is 5.51. The van der Waals surface area contributed by atoms with Crippen molar-refractivity contribution in [2.24, 2.45) is 5.92 Å². The van der Waals surface area contributed by atoms with E-state index < -0.39 is 0 Å². The van der Waals surface area contributed by atoms with Gasteiger partial charge in [-0.3, -0.25) is 4.79 Å². The molecule has 1 amide bonds. The van der Waals surface area contributed by atoms with Gasteiger partial charge in [-0.05, 0) is 37.3 Å². The Morgan fingerprint density at radius 1 is 1.42 bits per heavy atom. The van der Waals surface area contributed by atoms with Gasteiger partial charge in [0.05, 0.1) is 0 Å². The van der Waals surface area contributed by atoms with Gasteiger partial charge in [0.2, 0.25) is 0 Å². The maximum atomic E-state index is 12.0. The number of hydrogen-bond acceptors (Lipinski definition) is 3. The molecule has 1 aromatic rings. The van der Waals surface area contributed by atoms with Gasteiger partial charge in [-0.15, -0.1) is 0 Å². The van der Waals surface area contributed by atoms with Crippen LogP contribution in [0.1, 0.15) is 25.3 Å². The first-order valence-corrected chi connectivity index (χ1v) is 6.83. The standard InChI is InChI=1S/C15H22N2O2/c1-11-5-7-17(8-6-11)15(18)10-19-13-4-3-12(2)14(16)9-13/h3-4,9,11H,5-8,10,16H2,1-2H3. The zero-order chi connectivity index (χ0) is 13.8. The number of nitrogens with two attached hydrogens (primary N) is 1. The molecule has 0 saturated carbocycles. The van der Waals surface area contributed by atoms with Crippen LogP contribution in [0.25, 0.3) is 0 Å². The third-order valence-corrected chi connectivity index (χ3v) is 3.75. The molecule has 19 heavy (non-hydrogen) atoms. The molecule has 4 nitrogen and oxygen atoms in total. The molecule has 0 spiro atoms. The molecule has 2 rings (SSSR count). The topological polar surface area (TPSA) is 55.6 Å². The lowest BCUT2D eigenvalue weighted by Crippen LogP contribution is -2.40. The fourth-order valence-corrected chi connectivity index (χ4v) is 2.20. The van der Waals surface area contributed by atoms with Gasteiger partial charge in [0, 0.05) is 24.8 Å². The van der Waals surface area contributed by atoms with E-state index in [1.54, 1.807) is 6.07 Å². The summed E-state index contributed by atoms with van der Waals surface area (Å²) < 4.78 is 5.51. The van der Waals surface area contributed by atoms with Gasteiger partial charge in [-0.1, -0.05) is 13.0 Å². The molecule has 104 valence electrons. The van der Waals surface area contributed by atoms with E-state index in [2.05, 4.69) is 6.92 Å². The number of aryl methyl sites for hydroxylation is 1. The highest BCUT2D eigenvalue weighted by atomic mass is 16.5. The molecule has 1 saturated heterocycles. The SMILES string of the molecule is Cc1ccc(OCC(=O)N2CCC(C)CC2)cc1N. The van der Waals surface area contributed by atoms with Crippen molar-refractivity contribution in [3.63, 3.8) is 0 Å². The number of ether oxygens (including phenoxy) is 1. The molecular formula is C15H22N2O2. The van der Waals surface area contributed by atoms with Crippen molar-refractivity contribution >= 4 is 11.6 Å². The number of carbonyl (C=O) groups is 1. The van der Waals surface area contributed by atoms with Gasteiger partial charge in [0.1, 0.15) is 5.75 Å². The number of nitrogens with zero attached hydrogens (tertiary/aromatic N) is 1. The number of amides is 1. The minimum atomic E-state index is 0.0612. The molecule has 4 heteroatoms. The molecule has 0 radical (unpaired) electrons. The Bertz CT molecular complexity index is 451. The molecule has 0 aromatic heterocycles. The summed E-state index contributed by atoms with van der Waals surface area (Å²) in [5.41, 5.74) is 7.52. The van der Waals surface area contributed by atoms with Gasteiger partial charge < -0.3 is 15.4 Å². The minimum absolute atomic E-state index is 0.0612. The Morgan fingerprint density at radius 2 is 2.11 bits per heavy atom. The highest BCUT2D eigenvalue weighted by Crippen LogP contribution is 2.20. The van der Waals surface area contributed by atoms with Crippen LogP contribution in [0.3, 0.4) is 0 Å². The first-order valence-electron chi connectivity index (χ1n) is 6.83. The summed E-state index contributed by atoms with van der Waals surface area (Å²) in [4.78, 5) is 13.9. The summed E-state index contributed by atoms with van der Waals surface area (Å²) >= 11 is 0. The molecule has 2 N–H and O–H groups in total. The number of piperidine rings is 1. The minimum Gasteiger partial charge on any atom is -0.484 e. The summed E-state index contributed by atoms with van der Waals surface area (Å²) in [6.45, 7) is 5.96. The van der Waals surface area contributed by atoms with E-state index in [1.165, 1.54) is 0 Å². The fraction of sp³-hybridized carbons (Fsp3) is 0.533. The molecule has 0 unspecified atom stereocenters. The maximum absolute atomic E-state index is 12.0. The molecule has 1 fully saturated rings. The number of benzene rings is 1. The van der Waals surface area contributed by atoms with Crippen LogP contribution in [0.2, 0.25) is 0 Å². The predicted octanol–water partition coefficient (Wildman–Crippen LogP) is 2.21. The Balaban J connectivity index is 1.84. The van der Waals surface area contributed by atoms with Gasteiger partial charge in [-0.2, -0.15) is 0 Å². The van der Waals surface area contributed by atoms with Gasteiger partial charge in [0.15, 0.2) is 6.61 Å². The molecule has 0 atom stereocenters. The van der Waals surface area contributed by atoms with E-state index in [4.69, 9.17) is 10.5 Å². The van der Waals surface area contributed by atoms with Gasteiger partial charge in [-0.25, -0.2) is 0 Å². The fourth-order valence-electron chi connectivity index (χ4n) is 2.20. The summed E-state index contributed by atoms with van der Waals surface area (Å²) in [6.07, 6.45) is 2.17. The van der Waals surface area contributed by atoms with E-state index in [0.717, 1.165) is 37.4 Å². The quantitative estimate of drug-likeness (QED) is 0.850. The van der Waals surface area contributed by atoms with Crippen molar-refractivity contribution in [1.82, 2.24) is 4.90 Å². The van der Waals surface area contributed by atoms with Crippen LogP contribution in [0, 0.1) is 12.8 Å². The Kier molecular flexibility index (Phi) is 4.30. The molecule has 1 aliphatic heterocycles. The van der Waals surface area contributed by atoms with E-state index in [0.29, 0.717) is 11.4 Å². The van der Waals surface area contributed by atoms with E-state index in [-0.39, 0.29) is 12.5 Å². The van der Waals surface area contributed by atoms with Crippen LogP contribution < -0.4 is 10.5 Å². The largest absolute Gasteiger partial charge is 0.484 e. The van der Waals surface area contributed by atoms with Crippen molar-refractivity contribution in [2.45, 2.75) is 26.7 Å². The number of hydrogen-bond donors (Lipinski definition) is 1. The summed E-state index contributed by atoms with van der Waals surface area (Å²) in [7, 11) is 0. The Morgan fingerprint density at radius 3 is 2.74 bits per heavy atom. The lowest BCUT2D eigenvalue weighted by Gasteiger charge is -2.30. The normalized spacial score (nSPS) is 16.4. The second kappa shape index (κ2) is 5.95. The number of rotatable bonds is 3. The highest BCUT2D eigenvalue weighted by Gasteiger charge is 2.20. The molecular weight excluding hydrogens is 240 g/mol. The predicted molar refractivity (Wildman–Crippen MR) is 76.1 cm³/mol. The number of likely N-dealkylation sites (tertiary alicyclic amines) is 1. The van der Waals surface area contributed by atoms with Crippen molar-refractivity contribution in [3.05, 3.63) is 23.8 Å². The summed E-state index contributed by atoms with van der Waals surface area (Å²) in [5.74, 6) is 1.44. The lowest BCUT2D eigenvalue weighted by molar-refractivity contribution is -0.134. The first-order chi connectivity index (χ1) is 9.06.